The fraction of sp³-hybridized carbons (Fsp3) is 0. The van der Waals surface area contributed by atoms with Crippen LogP contribution < -0.4 is 0 Å². The molecule has 0 amide bonds. The molecule has 14 rings (SSSR count). The number of hydrogen-bond acceptors (Lipinski definition) is 4. The van der Waals surface area contributed by atoms with E-state index in [1.807, 2.05) is 12.1 Å². The first-order chi connectivity index (χ1) is 33.7. The van der Waals surface area contributed by atoms with E-state index in [4.69, 9.17) is 19.4 Å². The number of rotatable bonds is 6. The highest BCUT2D eigenvalue weighted by molar-refractivity contribution is 6.23. The number of hydrogen-bond donors (Lipinski definition) is 0. The first-order valence-electron chi connectivity index (χ1n) is 23.0. The van der Waals surface area contributed by atoms with E-state index in [2.05, 4.69) is 223 Å². The summed E-state index contributed by atoms with van der Waals surface area (Å²) >= 11 is 0. The van der Waals surface area contributed by atoms with E-state index in [0.717, 1.165) is 88.4 Å². The van der Waals surface area contributed by atoms with Crippen LogP contribution in [-0.4, -0.2) is 19.5 Å². The number of furan rings is 1. The predicted molar refractivity (Wildman–Crippen MR) is 281 cm³/mol. The summed E-state index contributed by atoms with van der Waals surface area (Å²) in [6, 6.07) is 81.5. The van der Waals surface area contributed by atoms with Crippen molar-refractivity contribution in [1.82, 2.24) is 19.5 Å². The van der Waals surface area contributed by atoms with Crippen LogP contribution in [0.15, 0.2) is 235 Å². The molecule has 0 N–H and O–H groups in total. The Bertz CT molecular complexity index is 4320. The lowest BCUT2D eigenvalue weighted by atomic mass is 9.98. The molecule has 0 spiro atoms. The fourth-order valence-electron chi connectivity index (χ4n) is 10.4. The van der Waals surface area contributed by atoms with Crippen molar-refractivity contribution in [2.24, 2.45) is 0 Å². The van der Waals surface area contributed by atoms with Crippen LogP contribution >= 0.6 is 0 Å². The molecule has 3 heterocycles. The van der Waals surface area contributed by atoms with Gasteiger partial charge in [0.2, 0.25) is 0 Å². The van der Waals surface area contributed by atoms with Gasteiger partial charge in [0.25, 0.3) is 0 Å². The minimum atomic E-state index is 0.592. The second kappa shape index (κ2) is 15.2. The predicted octanol–water partition coefficient (Wildman–Crippen LogP) is 16.7. The first kappa shape index (κ1) is 38.1. The molecule has 68 heavy (non-hydrogen) atoms. The van der Waals surface area contributed by atoms with Crippen LogP contribution in [0.25, 0.3) is 138 Å². The van der Waals surface area contributed by atoms with Gasteiger partial charge in [-0.1, -0.05) is 194 Å². The number of fused-ring (bicyclic) bond motifs is 11. The Balaban J connectivity index is 0.994. The zero-order valence-corrected chi connectivity index (χ0v) is 36.6. The smallest absolute Gasteiger partial charge is 0.164 e. The van der Waals surface area contributed by atoms with E-state index in [9.17, 15) is 0 Å². The quantitative estimate of drug-likeness (QED) is 0.167. The molecule has 0 unspecified atom stereocenters. The van der Waals surface area contributed by atoms with Crippen LogP contribution in [0.1, 0.15) is 0 Å². The van der Waals surface area contributed by atoms with E-state index in [1.165, 1.54) is 32.3 Å². The zero-order valence-electron chi connectivity index (χ0n) is 36.6. The van der Waals surface area contributed by atoms with Gasteiger partial charge < -0.3 is 8.98 Å². The maximum atomic E-state index is 7.05. The second-order valence-corrected chi connectivity index (χ2v) is 17.5. The van der Waals surface area contributed by atoms with E-state index in [-0.39, 0.29) is 0 Å². The van der Waals surface area contributed by atoms with Gasteiger partial charge in [-0.2, -0.15) is 0 Å². The van der Waals surface area contributed by atoms with Crippen LogP contribution in [0, 0.1) is 0 Å². The summed E-state index contributed by atoms with van der Waals surface area (Å²) in [5.74, 6) is 1.81. The van der Waals surface area contributed by atoms with Crippen LogP contribution in [0.2, 0.25) is 0 Å². The molecular weight excluding hydrogens is 829 g/mol. The van der Waals surface area contributed by atoms with Crippen molar-refractivity contribution in [1.29, 1.82) is 0 Å². The highest BCUT2D eigenvalue weighted by Crippen LogP contribution is 2.44. The average Bonchev–Trinajstić information content (AvgIpc) is 3.96. The van der Waals surface area contributed by atoms with Crippen molar-refractivity contribution in [2.45, 2.75) is 0 Å². The Morgan fingerprint density at radius 3 is 1.74 bits per heavy atom. The molecule has 0 aliphatic rings. The minimum Gasteiger partial charge on any atom is -0.454 e. The summed E-state index contributed by atoms with van der Waals surface area (Å²) in [7, 11) is 0. The SMILES string of the molecule is c1ccc(-c2cccc(-c3nc(-c4ccc5ccc6oc7c(-n8c9cc%10ccccc%10cc9c9ccc%10ccccc%10c98)cccc7c6c5c4)nc(-c4ccccc4-c4ccccc4)n3)c2)cc1. The molecule has 0 fully saturated rings. The average molecular weight is 867 g/mol. The summed E-state index contributed by atoms with van der Waals surface area (Å²) in [6.07, 6.45) is 0. The first-order valence-corrected chi connectivity index (χ1v) is 23.0. The molecule has 11 aromatic carbocycles. The van der Waals surface area contributed by atoms with E-state index >= 15 is 0 Å². The number of para-hydroxylation sites is 1. The highest BCUT2D eigenvalue weighted by atomic mass is 16.3. The van der Waals surface area contributed by atoms with Gasteiger partial charge in [0.15, 0.2) is 23.1 Å². The third kappa shape index (κ3) is 6.06. The van der Waals surface area contributed by atoms with Crippen molar-refractivity contribution >= 4 is 76.1 Å². The maximum Gasteiger partial charge on any atom is 0.164 e. The van der Waals surface area contributed by atoms with E-state index in [1.54, 1.807) is 0 Å². The molecule has 316 valence electrons. The Kier molecular flexibility index (Phi) is 8.52. The molecular formula is C63H38N4O. The second-order valence-electron chi connectivity index (χ2n) is 17.5. The third-order valence-electron chi connectivity index (χ3n) is 13.6. The Morgan fingerprint density at radius 2 is 0.912 bits per heavy atom. The van der Waals surface area contributed by atoms with Gasteiger partial charge in [-0.15, -0.1) is 0 Å². The molecule has 0 atom stereocenters. The Morgan fingerprint density at radius 1 is 0.324 bits per heavy atom. The van der Waals surface area contributed by atoms with Crippen molar-refractivity contribution in [2.75, 3.05) is 0 Å². The zero-order chi connectivity index (χ0) is 44.7. The lowest BCUT2D eigenvalue weighted by molar-refractivity contribution is 0.666. The molecule has 0 saturated carbocycles. The monoisotopic (exact) mass is 866 g/mol. The van der Waals surface area contributed by atoms with Crippen LogP contribution in [0.3, 0.4) is 0 Å². The third-order valence-corrected chi connectivity index (χ3v) is 13.6. The molecule has 0 saturated heterocycles. The van der Waals surface area contributed by atoms with Crippen molar-refractivity contribution in [3.8, 4) is 62.1 Å². The van der Waals surface area contributed by atoms with Gasteiger partial charge in [-0.3, -0.25) is 0 Å². The Hall–Kier alpha value is -9.19. The molecule has 3 aromatic heterocycles. The molecule has 14 aromatic rings. The summed E-state index contributed by atoms with van der Waals surface area (Å²) < 4.78 is 9.48. The van der Waals surface area contributed by atoms with Crippen molar-refractivity contribution in [3.05, 3.63) is 231 Å². The van der Waals surface area contributed by atoms with Gasteiger partial charge in [-0.25, -0.2) is 15.0 Å². The fourth-order valence-corrected chi connectivity index (χ4v) is 10.4. The van der Waals surface area contributed by atoms with E-state index in [0.29, 0.717) is 17.5 Å². The van der Waals surface area contributed by atoms with Gasteiger partial charge >= 0.3 is 0 Å². The van der Waals surface area contributed by atoms with Crippen LogP contribution in [0.4, 0.5) is 0 Å². The molecule has 5 nitrogen and oxygen atoms in total. The van der Waals surface area contributed by atoms with Crippen molar-refractivity contribution < 1.29 is 4.42 Å². The summed E-state index contributed by atoms with van der Waals surface area (Å²) in [5.41, 5.74) is 12.1. The Labute approximate surface area is 390 Å². The van der Waals surface area contributed by atoms with Gasteiger partial charge in [0.1, 0.15) is 5.58 Å². The van der Waals surface area contributed by atoms with Crippen molar-refractivity contribution in [3.63, 3.8) is 0 Å². The number of benzene rings is 11. The summed E-state index contributed by atoms with van der Waals surface area (Å²) in [6.45, 7) is 0. The van der Waals surface area contributed by atoms with Gasteiger partial charge in [0.05, 0.1) is 16.7 Å². The topological polar surface area (TPSA) is 56.7 Å². The van der Waals surface area contributed by atoms with Gasteiger partial charge in [0, 0.05) is 43.6 Å². The van der Waals surface area contributed by atoms with Gasteiger partial charge in [-0.05, 0) is 85.6 Å². The molecule has 0 radical (unpaired) electrons. The molecule has 5 heteroatoms. The minimum absolute atomic E-state index is 0.592. The summed E-state index contributed by atoms with van der Waals surface area (Å²) in [4.78, 5) is 15.8. The maximum absolute atomic E-state index is 7.05. The largest absolute Gasteiger partial charge is 0.454 e. The van der Waals surface area contributed by atoms with Crippen LogP contribution in [0.5, 0.6) is 0 Å². The normalized spacial score (nSPS) is 11.8. The lowest BCUT2D eigenvalue weighted by Crippen LogP contribution is -2.01. The molecule has 0 aliphatic carbocycles. The van der Waals surface area contributed by atoms with E-state index < -0.39 is 0 Å². The summed E-state index contributed by atoms with van der Waals surface area (Å²) in [5, 5.41) is 11.5. The van der Waals surface area contributed by atoms with Crippen LogP contribution in [-0.2, 0) is 0 Å². The molecule has 0 aliphatic heterocycles. The highest BCUT2D eigenvalue weighted by Gasteiger charge is 2.22. The molecule has 0 bridgehead atoms. The number of nitrogens with zero attached hydrogens (tertiary/aromatic N) is 4. The number of aromatic nitrogens is 4. The standard InChI is InChI=1S/C63H38N4O/c1-3-15-39(16-4-1)43-22-13-23-46(35-43)61-64-62(66-63(65-61)51-26-12-11-24-48(51)40-17-5-2-6-18-40)47-30-29-42-32-34-57-58(53(42)37-47)52-27-14-28-55(60(52)68-57)67-56-38-45-21-8-7-20-44(45)36-54(56)50-33-31-41-19-9-10-25-49(41)59(50)67/h1-38H. The lowest BCUT2D eigenvalue weighted by Gasteiger charge is -2.13.